The summed E-state index contributed by atoms with van der Waals surface area (Å²) in [5.41, 5.74) is 4.74. The average Bonchev–Trinajstić information content (AvgIpc) is 2.76. The second-order valence-corrected chi connectivity index (χ2v) is 8.39. The van der Waals surface area contributed by atoms with Crippen molar-refractivity contribution in [3.05, 3.63) is 100 Å². The number of carbonyl (C=O) groups is 2. The van der Waals surface area contributed by atoms with E-state index in [4.69, 9.17) is 11.6 Å². The third-order valence-electron chi connectivity index (χ3n) is 5.21. The number of hydrogen-bond donors (Lipinski definition) is 2. The van der Waals surface area contributed by atoms with Crippen molar-refractivity contribution in [3.8, 4) is 0 Å². The molecule has 2 N–H and O–H groups in total. The van der Waals surface area contributed by atoms with Crippen LogP contribution in [0.2, 0.25) is 5.02 Å². The van der Waals surface area contributed by atoms with E-state index < -0.39 is 0 Å². The second-order valence-electron chi connectivity index (χ2n) is 7.95. The first kappa shape index (κ1) is 23.5. The summed E-state index contributed by atoms with van der Waals surface area (Å²) in [6, 6.07) is 22.8. The topological polar surface area (TPSA) is 61.4 Å². The molecule has 32 heavy (non-hydrogen) atoms. The molecule has 166 valence electrons. The lowest BCUT2D eigenvalue weighted by atomic mass is 9.98. The van der Waals surface area contributed by atoms with Crippen LogP contribution in [0.4, 0.5) is 5.69 Å². The summed E-state index contributed by atoms with van der Waals surface area (Å²) in [6.45, 7) is 4.12. The van der Waals surface area contributed by atoms with E-state index in [0.717, 1.165) is 27.9 Å². The predicted molar refractivity (Wildman–Crippen MR) is 130 cm³/mol. The van der Waals surface area contributed by atoms with Crippen LogP contribution in [0.5, 0.6) is 0 Å². The van der Waals surface area contributed by atoms with E-state index in [-0.39, 0.29) is 30.9 Å². The SMILES string of the molecule is Cc1cccc(C)c1NC(=O)CN(C)CC(=O)NC(c1ccccc1)c1ccc(Cl)cc1. The molecule has 0 saturated heterocycles. The normalized spacial score (nSPS) is 11.8. The molecule has 0 bridgehead atoms. The van der Waals surface area contributed by atoms with Crippen molar-refractivity contribution in [3.63, 3.8) is 0 Å². The Bertz CT molecular complexity index is 1050. The Hall–Kier alpha value is -3.15. The van der Waals surface area contributed by atoms with E-state index in [2.05, 4.69) is 10.6 Å². The van der Waals surface area contributed by atoms with Crippen LogP contribution >= 0.6 is 11.6 Å². The average molecular weight is 450 g/mol. The molecule has 0 aliphatic heterocycles. The third-order valence-corrected chi connectivity index (χ3v) is 5.47. The highest BCUT2D eigenvalue weighted by atomic mass is 35.5. The van der Waals surface area contributed by atoms with Crippen LogP contribution in [0.3, 0.4) is 0 Å². The number of halogens is 1. The zero-order valence-corrected chi connectivity index (χ0v) is 19.3. The fraction of sp³-hybridized carbons (Fsp3) is 0.231. The molecule has 6 heteroatoms. The number of hydrogen-bond acceptors (Lipinski definition) is 3. The molecule has 0 aliphatic carbocycles. The second kappa shape index (κ2) is 10.9. The molecule has 0 fully saturated rings. The minimum absolute atomic E-state index is 0.0943. The van der Waals surface area contributed by atoms with Gasteiger partial charge >= 0.3 is 0 Å². The first-order valence-corrected chi connectivity index (χ1v) is 10.9. The van der Waals surface area contributed by atoms with Crippen molar-refractivity contribution in [2.24, 2.45) is 0 Å². The highest BCUT2D eigenvalue weighted by Gasteiger charge is 2.19. The van der Waals surface area contributed by atoms with Crippen LogP contribution in [0.25, 0.3) is 0 Å². The first-order chi connectivity index (χ1) is 15.3. The van der Waals surface area contributed by atoms with Gasteiger partial charge < -0.3 is 10.6 Å². The molecule has 0 spiro atoms. The largest absolute Gasteiger partial charge is 0.344 e. The molecule has 3 aromatic carbocycles. The van der Waals surface area contributed by atoms with E-state index in [1.165, 1.54) is 0 Å². The number of para-hydroxylation sites is 1. The Morgan fingerprint density at radius 3 is 2.00 bits per heavy atom. The number of aryl methyl sites for hydroxylation is 2. The van der Waals surface area contributed by atoms with E-state index in [9.17, 15) is 9.59 Å². The molecular weight excluding hydrogens is 422 g/mol. The smallest absolute Gasteiger partial charge is 0.238 e. The van der Waals surface area contributed by atoms with Crippen LogP contribution < -0.4 is 10.6 Å². The van der Waals surface area contributed by atoms with Crippen molar-refractivity contribution < 1.29 is 9.59 Å². The van der Waals surface area contributed by atoms with Crippen molar-refractivity contribution >= 4 is 29.1 Å². The van der Waals surface area contributed by atoms with Gasteiger partial charge in [-0.3, -0.25) is 14.5 Å². The number of nitrogens with zero attached hydrogens (tertiary/aromatic N) is 1. The molecule has 3 rings (SSSR count). The molecular formula is C26H28ClN3O2. The van der Waals surface area contributed by atoms with E-state index in [1.807, 2.05) is 86.6 Å². The van der Waals surface area contributed by atoms with E-state index in [0.29, 0.717) is 5.02 Å². The van der Waals surface area contributed by atoms with Gasteiger partial charge in [0, 0.05) is 10.7 Å². The predicted octanol–water partition coefficient (Wildman–Crippen LogP) is 4.73. The number of carbonyl (C=O) groups excluding carboxylic acids is 2. The zero-order valence-electron chi connectivity index (χ0n) is 18.6. The van der Waals surface area contributed by atoms with Crippen molar-refractivity contribution in [1.82, 2.24) is 10.2 Å². The third kappa shape index (κ3) is 6.42. The lowest BCUT2D eigenvalue weighted by Crippen LogP contribution is -2.40. The van der Waals surface area contributed by atoms with Gasteiger partial charge in [0.1, 0.15) is 0 Å². The maximum absolute atomic E-state index is 12.8. The number of likely N-dealkylation sites (N-methyl/N-ethyl adjacent to an activating group) is 1. The maximum atomic E-state index is 12.8. The van der Waals surface area contributed by atoms with Gasteiger partial charge in [0.15, 0.2) is 0 Å². The van der Waals surface area contributed by atoms with Crippen molar-refractivity contribution in [2.75, 3.05) is 25.5 Å². The maximum Gasteiger partial charge on any atom is 0.238 e. The van der Waals surface area contributed by atoms with Gasteiger partial charge in [-0.05, 0) is 55.3 Å². The molecule has 1 atom stereocenters. The monoisotopic (exact) mass is 449 g/mol. The first-order valence-electron chi connectivity index (χ1n) is 10.5. The number of benzene rings is 3. The fourth-order valence-corrected chi connectivity index (χ4v) is 3.73. The van der Waals surface area contributed by atoms with E-state index >= 15 is 0 Å². The Labute approximate surface area is 194 Å². The lowest BCUT2D eigenvalue weighted by Gasteiger charge is -2.22. The zero-order chi connectivity index (χ0) is 23.1. The molecule has 0 heterocycles. The summed E-state index contributed by atoms with van der Waals surface area (Å²) >= 11 is 6.03. The fourth-order valence-electron chi connectivity index (χ4n) is 3.60. The molecule has 5 nitrogen and oxygen atoms in total. The number of nitrogens with one attached hydrogen (secondary N) is 2. The minimum atomic E-state index is -0.308. The summed E-state index contributed by atoms with van der Waals surface area (Å²) in [7, 11) is 1.75. The Morgan fingerprint density at radius 1 is 0.812 bits per heavy atom. The Kier molecular flexibility index (Phi) is 8.03. The number of amides is 2. The van der Waals surface area contributed by atoms with Gasteiger partial charge in [-0.25, -0.2) is 0 Å². The van der Waals surface area contributed by atoms with Crippen molar-refractivity contribution in [2.45, 2.75) is 19.9 Å². The van der Waals surface area contributed by atoms with Crippen LogP contribution in [-0.4, -0.2) is 36.9 Å². The molecule has 0 saturated carbocycles. The Morgan fingerprint density at radius 2 is 1.38 bits per heavy atom. The summed E-state index contributed by atoms with van der Waals surface area (Å²) in [4.78, 5) is 27.0. The highest BCUT2D eigenvalue weighted by molar-refractivity contribution is 6.30. The summed E-state index contributed by atoms with van der Waals surface area (Å²) in [5.74, 6) is -0.328. The van der Waals surface area contributed by atoms with Crippen LogP contribution in [-0.2, 0) is 9.59 Å². The van der Waals surface area contributed by atoms with Gasteiger partial charge in [-0.2, -0.15) is 0 Å². The molecule has 1 unspecified atom stereocenters. The quantitative estimate of drug-likeness (QED) is 0.522. The summed E-state index contributed by atoms with van der Waals surface area (Å²) < 4.78 is 0. The van der Waals surface area contributed by atoms with Crippen molar-refractivity contribution in [1.29, 1.82) is 0 Å². The van der Waals surface area contributed by atoms with Gasteiger partial charge in [0.25, 0.3) is 0 Å². The van der Waals surface area contributed by atoms with Crippen LogP contribution in [0.1, 0.15) is 28.3 Å². The van der Waals surface area contributed by atoms with Gasteiger partial charge in [0.2, 0.25) is 11.8 Å². The lowest BCUT2D eigenvalue weighted by molar-refractivity contribution is -0.123. The van der Waals surface area contributed by atoms with Gasteiger partial charge in [0.05, 0.1) is 19.1 Å². The highest BCUT2D eigenvalue weighted by Crippen LogP contribution is 2.23. The molecule has 3 aromatic rings. The molecule has 0 radical (unpaired) electrons. The van der Waals surface area contributed by atoms with Gasteiger partial charge in [-0.15, -0.1) is 0 Å². The summed E-state index contributed by atoms with van der Waals surface area (Å²) in [5, 5.41) is 6.68. The number of rotatable bonds is 8. The van der Waals surface area contributed by atoms with Gasteiger partial charge in [-0.1, -0.05) is 72.3 Å². The number of anilines is 1. The standard InChI is InChI=1S/C26H28ClN3O2/c1-18-8-7-9-19(2)25(18)28-23(31)16-30(3)17-24(32)29-26(20-10-5-4-6-11-20)21-12-14-22(27)15-13-21/h4-15,26H,16-17H2,1-3H3,(H,28,31)(H,29,32). The minimum Gasteiger partial charge on any atom is -0.344 e. The molecule has 0 aliphatic rings. The van der Waals surface area contributed by atoms with Crippen LogP contribution in [0.15, 0.2) is 72.8 Å². The summed E-state index contributed by atoms with van der Waals surface area (Å²) in [6.07, 6.45) is 0. The van der Waals surface area contributed by atoms with E-state index in [1.54, 1.807) is 11.9 Å². The Balaban J connectivity index is 1.63. The molecule has 2 amide bonds. The molecule has 0 aromatic heterocycles. The van der Waals surface area contributed by atoms with Crippen LogP contribution in [0, 0.1) is 13.8 Å².